The fraction of sp³-hybridized carbons (Fsp3) is 0.758. The van der Waals surface area contributed by atoms with E-state index in [-0.39, 0.29) is 36.8 Å². The van der Waals surface area contributed by atoms with E-state index in [4.69, 9.17) is 4.74 Å². The zero-order chi connectivity index (χ0) is 33.7. The van der Waals surface area contributed by atoms with Crippen molar-refractivity contribution in [2.75, 3.05) is 19.6 Å². The van der Waals surface area contributed by atoms with Crippen LogP contribution in [0.3, 0.4) is 0 Å². The summed E-state index contributed by atoms with van der Waals surface area (Å²) in [5.41, 5.74) is -0.705. The number of rotatable bonds is 15. The number of unbranched alkanes of at least 4 members (excludes halogenated alkanes) is 1. The predicted molar refractivity (Wildman–Crippen MR) is 171 cm³/mol. The molecule has 5 amide bonds. The van der Waals surface area contributed by atoms with E-state index in [2.05, 4.69) is 27.8 Å². The molecule has 2 fully saturated rings. The van der Waals surface area contributed by atoms with E-state index in [0.29, 0.717) is 25.8 Å². The largest absolute Gasteiger partial charge is 0.459 e. The fourth-order valence-corrected chi connectivity index (χ4v) is 5.95. The van der Waals surface area contributed by atoms with Gasteiger partial charge < -0.3 is 30.9 Å². The van der Waals surface area contributed by atoms with Gasteiger partial charge in [-0.3, -0.25) is 24.0 Å². The van der Waals surface area contributed by atoms with Crippen molar-refractivity contribution in [3.63, 3.8) is 0 Å². The first-order valence-corrected chi connectivity index (χ1v) is 16.5. The second kappa shape index (κ2) is 17.9. The molecule has 0 aromatic carbocycles. The minimum absolute atomic E-state index is 0.0263. The van der Waals surface area contributed by atoms with Crippen LogP contribution < -0.4 is 21.3 Å². The molecule has 0 aromatic heterocycles. The summed E-state index contributed by atoms with van der Waals surface area (Å²) in [4.78, 5) is 80.2. The monoisotopic (exact) mass is 633 g/mol. The molecule has 45 heavy (non-hydrogen) atoms. The zero-order valence-corrected chi connectivity index (χ0v) is 28.0. The van der Waals surface area contributed by atoms with Crippen molar-refractivity contribution in [1.82, 2.24) is 26.2 Å². The maximum absolute atomic E-state index is 14.3. The molecule has 4 atom stereocenters. The summed E-state index contributed by atoms with van der Waals surface area (Å²) in [7, 11) is 0. The van der Waals surface area contributed by atoms with Gasteiger partial charge in [0.25, 0.3) is 5.91 Å². The Morgan fingerprint density at radius 1 is 0.978 bits per heavy atom. The molecule has 12 heteroatoms. The molecular weight excluding hydrogens is 578 g/mol. The molecule has 254 valence electrons. The molecule has 0 spiro atoms. The molecule has 1 aliphatic heterocycles. The second-order valence-corrected chi connectivity index (χ2v) is 13.6. The topological polar surface area (TPSA) is 163 Å². The number of carbonyl (C=O) groups is 6. The van der Waals surface area contributed by atoms with Gasteiger partial charge in [-0.15, -0.1) is 6.58 Å². The lowest BCUT2D eigenvalue weighted by Crippen LogP contribution is -2.59. The van der Waals surface area contributed by atoms with Crippen molar-refractivity contribution in [2.45, 2.75) is 123 Å². The van der Waals surface area contributed by atoms with E-state index >= 15 is 0 Å². The molecule has 1 saturated carbocycles. The van der Waals surface area contributed by atoms with Crippen LogP contribution in [0.2, 0.25) is 0 Å². The van der Waals surface area contributed by atoms with Gasteiger partial charge in [0.05, 0.1) is 6.04 Å². The van der Waals surface area contributed by atoms with Crippen molar-refractivity contribution in [2.24, 2.45) is 17.8 Å². The van der Waals surface area contributed by atoms with Gasteiger partial charge in [0.1, 0.15) is 24.2 Å². The first kappa shape index (κ1) is 37.7. The lowest BCUT2D eigenvalue weighted by Gasteiger charge is -2.35. The maximum atomic E-state index is 14.3. The first-order chi connectivity index (χ1) is 21.2. The number of Topliss-reactive ketones (excluding diaryl/α,β-unsaturated/α-hetero) is 1. The molecule has 4 N–H and O–H groups in total. The number of hydrogen-bond donors (Lipinski definition) is 4. The molecule has 0 bridgehead atoms. The Morgan fingerprint density at radius 3 is 2.22 bits per heavy atom. The van der Waals surface area contributed by atoms with Gasteiger partial charge in [-0.1, -0.05) is 59.0 Å². The van der Waals surface area contributed by atoms with Gasteiger partial charge in [0.2, 0.25) is 17.6 Å². The summed E-state index contributed by atoms with van der Waals surface area (Å²) in [6.45, 7) is 14.9. The van der Waals surface area contributed by atoms with E-state index in [1.807, 2.05) is 20.8 Å². The average Bonchev–Trinajstić information content (AvgIpc) is 3.45. The van der Waals surface area contributed by atoms with Gasteiger partial charge in [-0.25, -0.2) is 4.79 Å². The Labute approximate surface area is 268 Å². The van der Waals surface area contributed by atoms with Crippen LogP contribution in [0.25, 0.3) is 0 Å². The van der Waals surface area contributed by atoms with E-state index in [1.165, 1.54) is 11.0 Å². The van der Waals surface area contributed by atoms with Crippen molar-refractivity contribution in [3.05, 3.63) is 12.7 Å². The minimum atomic E-state index is -1.02. The van der Waals surface area contributed by atoms with Crippen molar-refractivity contribution in [3.8, 4) is 0 Å². The summed E-state index contributed by atoms with van der Waals surface area (Å²) < 4.78 is 5.27. The highest BCUT2D eigenvalue weighted by Gasteiger charge is 2.45. The third-order valence-corrected chi connectivity index (χ3v) is 8.46. The molecule has 1 aliphatic carbocycles. The lowest BCUT2D eigenvalue weighted by molar-refractivity contribution is -0.153. The summed E-state index contributed by atoms with van der Waals surface area (Å²) in [5, 5.41) is 10.6. The maximum Gasteiger partial charge on any atom is 0.325 e. The second-order valence-electron chi connectivity index (χ2n) is 13.6. The van der Waals surface area contributed by atoms with Crippen molar-refractivity contribution >= 4 is 35.5 Å². The third kappa shape index (κ3) is 12.1. The van der Waals surface area contributed by atoms with Crippen molar-refractivity contribution < 1.29 is 33.5 Å². The SMILES string of the molecule is C=CCNC(=O)C(=O)C(CCCC)NC(=O)[C@@H]1C[C@@H](C(C)C)CN1C(=O)[C@@H](NC(=O)NCC(=O)OC(C)(C)C)C1CCCCC1. The summed E-state index contributed by atoms with van der Waals surface area (Å²) >= 11 is 0. The predicted octanol–water partition coefficient (Wildman–Crippen LogP) is 3.00. The number of likely N-dealkylation sites (tertiary alicyclic amines) is 1. The lowest BCUT2D eigenvalue weighted by atomic mass is 9.83. The smallest absolute Gasteiger partial charge is 0.325 e. The van der Waals surface area contributed by atoms with Crippen LogP contribution in [-0.4, -0.2) is 83.8 Å². The highest BCUT2D eigenvalue weighted by atomic mass is 16.6. The number of nitrogens with one attached hydrogen (secondary N) is 4. The van der Waals surface area contributed by atoms with Crippen LogP contribution in [0.5, 0.6) is 0 Å². The van der Waals surface area contributed by atoms with Crippen LogP contribution in [0.15, 0.2) is 12.7 Å². The molecule has 2 aliphatic rings. The fourth-order valence-electron chi connectivity index (χ4n) is 5.95. The first-order valence-electron chi connectivity index (χ1n) is 16.5. The zero-order valence-electron chi connectivity index (χ0n) is 28.0. The van der Waals surface area contributed by atoms with Gasteiger partial charge in [-0.2, -0.15) is 0 Å². The summed E-state index contributed by atoms with van der Waals surface area (Å²) in [6, 6.07) is -3.45. The highest BCUT2D eigenvalue weighted by molar-refractivity contribution is 6.38. The standard InChI is InChI=1S/C33H55N5O7/c1-8-10-16-24(28(40)30(42)34-17-9-2)36-29(41)25-18-23(21(3)4)20-38(25)31(43)27(22-14-12-11-13-15-22)37-32(44)35-19-26(39)45-33(5,6)7/h9,21-25,27H,2,8,10-20H2,1,3-7H3,(H,34,42)(H,36,41)(H2,35,37,44)/t23-,24?,25+,27+/m1/s1. The number of urea groups is 1. The van der Waals surface area contributed by atoms with Crippen LogP contribution in [0, 0.1) is 17.8 Å². The minimum Gasteiger partial charge on any atom is -0.459 e. The third-order valence-electron chi connectivity index (χ3n) is 8.46. The van der Waals surface area contributed by atoms with E-state index in [9.17, 15) is 28.8 Å². The number of carbonyl (C=O) groups excluding carboxylic acids is 6. The van der Waals surface area contributed by atoms with E-state index in [1.54, 1.807) is 20.8 Å². The van der Waals surface area contributed by atoms with Crippen molar-refractivity contribution in [1.29, 1.82) is 0 Å². The Balaban J connectivity index is 2.28. The van der Waals surface area contributed by atoms with Crippen LogP contribution in [0.1, 0.15) is 99.3 Å². The molecule has 1 heterocycles. The normalized spacial score (nSPS) is 20.1. The molecule has 2 rings (SSSR count). The molecule has 0 aromatic rings. The Morgan fingerprint density at radius 2 is 1.64 bits per heavy atom. The van der Waals surface area contributed by atoms with E-state index in [0.717, 1.165) is 38.5 Å². The molecule has 1 saturated heterocycles. The number of esters is 1. The molecular formula is C33H55N5O7. The quantitative estimate of drug-likeness (QED) is 0.122. The van der Waals surface area contributed by atoms with Gasteiger partial charge >= 0.3 is 12.0 Å². The van der Waals surface area contributed by atoms with Gasteiger partial charge in [0.15, 0.2) is 0 Å². The Kier molecular flexibility index (Phi) is 15.0. The Hall–Kier alpha value is -3.44. The summed E-state index contributed by atoms with van der Waals surface area (Å²) in [6.07, 6.45) is 7.92. The Bertz CT molecular complexity index is 1060. The van der Waals surface area contributed by atoms with E-state index < -0.39 is 53.3 Å². The van der Waals surface area contributed by atoms with Crippen LogP contribution >= 0.6 is 0 Å². The number of ketones is 1. The number of ether oxygens (including phenoxy) is 1. The average molecular weight is 634 g/mol. The molecule has 12 nitrogen and oxygen atoms in total. The number of nitrogens with zero attached hydrogens (tertiary/aromatic N) is 1. The van der Waals surface area contributed by atoms with Crippen LogP contribution in [0.4, 0.5) is 4.79 Å². The molecule has 0 radical (unpaired) electrons. The highest BCUT2D eigenvalue weighted by Crippen LogP contribution is 2.33. The number of hydrogen-bond acceptors (Lipinski definition) is 7. The van der Waals surface area contributed by atoms with Gasteiger partial charge in [-0.05, 0) is 64.2 Å². The summed E-state index contributed by atoms with van der Waals surface area (Å²) in [5.74, 6) is -2.91. The molecule has 1 unspecified atom stereocenters. The van der Waals surface area contributed by atoms with Gasteiger partial charge in [0, 0.05) is 13.1 Å². The number of amides is 5. The van der Waals surface area contributed by atoms with Crippen LogP contribution in [-0.2, 0) is 28.7 Å².